The number of aromatic nitrogens is 3. The highest BCUT2D eigenvalue weighted by atomic mass is 16.5. The number of hydrogen-bond acceptors (Lipinski definition) is 6. The van der Waals surface area contributed by atoms with Gasteiger partial charge in [-0.15, -0.1) is 0 Å². The van der Waals surface area contributed by atoms with Gasteiger partial charge in [0.25, 0.3) is 5.89 Å². The zero-order chi connectivity index (χ0) is 19.3. The molecular weight excluding hydrogens is 350 g/mol. The Balaban J connectivity index is 1.39. The van der Waals surface area contributed by atoms with Crippen LogP contribution in [0.2, 0.25) is 0 Å². The topological polar surface area (TPSA) is 58.3 Å². The van der Waals surface area contributed by atoms with Crippen molar-refractivity contribution in [1.29, 1.82) is 0 Å². The van der Waals surface area contributed by atoms with E-state index in [0.29, 0.717) is 11.9 Å². The summed E-state index contributed by atoms with van der Waals surface area (Å²) in [5, 5.41) is 4.12. The van der Waals surface area contributed by atoms with Crippen molar-refractivity contribution >= 4 is 5.82 Å². The Morgan fingerprint density at radius 1 is 1.07 bits per heavy atom. The summed E-state index contributed by atoms with van der Waals surface area (Å²) in [5.74, 6) is 2.28. The second kappa shape index (κ2) is 8.52. The molecule has 4 rings (SSSR count). The molecule has 0 saturated carbocycles. The monoisotopic (exact) mass is 377 g/mol. The van der Waals surface area contributed by atoms with Crippen molar-refractivity contribution in [1.82, 2.24) is 20.0 Å². The standard InChI is InChI=1S/C22H27N5O/c1-3-19-16-27(14-13-26(19)2)21-12-10-18(15-23-21)22-24-20(25-28-22)11-9-17-7-5-4-6-8-17/h4-8,10,12,15,19H,3,9,11,13-14,16H2,1-2H3. The molecule has 1 aromatic carbocycles. The van der Waals surface area contributed by atoms with Crippen molar-refractivity contribution in [3.8, 4) is 11.5 Å². The zero-order valence-corrected chi connectivity index (χ0v) is 16.6. The summed E-state index contributed by atoms with van der Waals surface area (Å²) >= 11 is 0. The van der Waals surface area contributed by atoms with Crippen molar-refractivity contribution in [2.45, 2.75) is 32.2 Å². The second-order valence-electron chi connectivity index (χ2n) is 7.40. The zero-order valence-electron chi connectivity index (χ0n) is 16.6. The molecule has 0 radical (unpaired) electrons. The number of likely N-dealkylation sites (N-methyl/N-ethyl adjacent to an activating group) is 1. The summed E-state index contributed by atoms with van der Waals surface area (Å²) < 4.78 is 5.45. The van der Waals surface area contributed by atoms with Crippen LogP contribution in [0.1, 0.15) is 24.7 Å². The third-order valence-electron chi connectivity index (χ3n) is 5.52. The van der Waals surface area contributed by atoms with E-state index >= 15 is 0 Å². The fraction of sp³-hybridized carbons (Fsp3) is 0.409. The van der Waals surface area contributed by atoms with Crippen LogP contribution in [-0.4, -0.2) is 52.7 Å². The van der Waals surface area contributed by atoms with E-state index in [1.54, 1.807) is 0 Å². The van der Waals surface area contributed by atoms with Crippen LogP contribution in [0.4, 0.5) is 5.82 Å². The molecule has 0 N–H and O–H groups in total. The van der Waals surface area contributed by atoms with Gasteiger partial charge in [0, 0.05) is 38.3 Å². The minimum Gasteiger partial charge on any atom is -0.354 e. The van der Waals surface area contributed by atoms with Gasteiger partial charge in [-0.1, -0.05) is 42.4 Å². The molecule has 146 valence electrons. The first-order chi connectivity index (χ1) is 13.7. The lowest BCUT2D eigenvalue weighted by Crippen LogP contribution is -2.51. The second-order valence-corrected chi connectivity index (χ2v) is 7.40. The summed E-state index contributed by atoms with van der Waals surface area (Å²) in [6.45, 7) is 5.33. The summed E-state index contributed by atoms with van der Waals surface area (Å²) in [4.78, 5) is 14.0. The van der Waals surface area contributed by atoms with Crippen molar-refractivity contribution in [2.75, 3.05) is 31.6 Å². The molecule has 0 amide bonds. The van der Waals surface area contributed by atoms with E-state index in [1.165, 1.54) is 5.56 Å². The first-order valence-electron chi connectivity index (χ1n) is 10.0. The van der Waals surface area contributed by atoms with Gasteiger partial charge in [0.2, 0.25) is 0 Å². The largest absolute Gasteiger partial charge is 0.354 e. The van der Waals surface area contributed by atoms with Gasteiger partial charge in [0.05, 0.1) is 5.56 Å². The lowest BCUT2D eigenvalue weighted by Gasteiger charge is -2.39. The molecule has 6 heteroatoms. The van der Waals surface area contributed by atoms with E-state index in [9.17, 15) is 0 Å². The molecule has 0 bridgehead atoms. The maximum absolute atomic E-state index is 5.45. The van der Waals surface area contributed by atoms with Gasteiger partial charge < -0.3 is 9.42 Å². The van der Waals surface area contributed by atoms with Gasteiger partial charge in [0.1, 0.15) is 5.82 Å². The number of benzene rings is 1. The Labute approximate surface area is 166 Å². The molecular formula is C22H27N5O. The van der Waals surface area contributed by atoms with Crippen molar-refractivity contribution in [2.24, 2.45) is 0 Å². The number of pyridine rings is 1. The van der Waals surface area contributed by atoms with Crippen molar-refractivity contribution in [3.63, 3.8) is 0 Å². The summed E-state index contributed by atoms with van der Waals surface area (Å²) in [7, 11) is 2.20. The third kappa shape index (κ3) is 4.22. The molecule has 0 aliphatic carbocycles. The van der Waals surface area contributed by atoms with Crippen molar-refractivity contribution < 1.29 is 4.52 Å². The first kappa shape index (κ1) is 18.6. The molecule has 1 atom stereocenters. The fourth-order valence-electron chi connectivity index (χ4n) is 3.67. The van der Waals surface area contributed by atoms with Crippen LogP contribution < -0.4 is 4.90 Å². The van der Waals surface area contributed by atoms with Gasteiger partial charge in [-0.25, -0.2) is 4.98 Å². The average Bonchev–Trinajstić information content (AvgIpc) is 3.23. The maximum atomic E-state index is 5.45. The highest BCUT2D eigenvalue weighted by Crippen LogP contribution is 2.22. The number of rotatable bonds is 6. The van der Waals surface area contributed by atoms with Crippen LogP contribution in [-0.2, 0) is 12.8 Å². The Kier molecular flexibility index (Phi) is 5.67. The molecule has 1 fully saturated rings. The van der Waals surface area contributed by atoms with E-state index in [-0.39, 0.29) is 0 Å². The maximum Gasteiger partial charge on any atom is 0.259 e. The van der Waals surface area contributed by atoms with Crippen LogP contribution in [0, 0.1) is 0 Å². The Bertz CT molecular complexity index is 877. The van der Waals surface area contributed by atoms with Crippen LogP contribution in [0.5, 0.6) is 0 Å². The highest BCUT2D eigenvalue weighted by molar-refractivity contribution is 5.54. The molecule has 1 unspecified atom stereocenters. The molecule has 1 aliphatic heterocycles. The number of aryl methyl sites for hydroxylation is 2. The van der Waals surface area contributed by atoms with E-state index in [2.05, 4.69) is 57.1 Å². The van der Waals surface area contributed by atoms with E-state index in [1.807, 2.05) is 30.5 Å². The number of nitrogens with zero attached hydrogens (tertiary/aromatic N) is 5. The quantitative estimate of drug-likeness (QED) is 0.656. The SMILES string of the molecule is CCC1CN(c2ccc(-c3nc(CCc4ccccc4)no3)cn2)CCN1C. The van der Waals surface area contributed by atoms with Gasteiger partial charge in [-0.2, -0.15) is 4.98 Å². The molecule has 6 nitrogen and oxygen atoms in total. The van der Waals surface area contributed by atoms with E-state index in [0.717, 1.165) is 56.1 Å². The molecule has 3 aromatic rings. The molecule has 2 aromatic heterocycles. The summed E-state index contributed by atoms with van der Waals surface area (Å²) in [5.41, 5.74) is 2.14. The van der Waals surface area contributed by atoms with Gasteiger partial charge in [-0.05, 0) is 37.6 Å². The molecule has 0 spiro atoms. The molecule has 1 aliphatic rings. The van der Waals surface area contributed by atoms with Gasteiger partial charge in [0.15, 0.2) is 5.82 Å². The fourth-order valence-corrected chi connectivity index (χ4v) is 3.67. The van der Waals surface area contributed by atoms with E-state index < -0.39 is 0 Å². The van der Waals surface area contributed by atoms with Gasteiger partial charge in [-0.3, -0.25) is 4.90 Å². The molecule has 28 heavy (non-hydrogen) atoms. The first-order valence-corrected chi connectivity index (χ1v) is 10.0. The lowest BCUT2D eigenvalue weighted by molar-refractivity contribution is 0.213. The average molecular weight is 377 g/mol. The summed E-state index contributed by atoms with van der Waals surface area (Å²) in [6.07, 6.45) is 4.65. The predicted octanol–water partition coefficient (Wildman–Crippen LogP) is 3.45. The van der Waals surface area contributed by atoms with Crippen LogP contribution in [0.25, 0.3) is 11.5 Å². The lowest BCUT2D eigenvalue weighted by atomic mass is 10.1. The van der Waals surface area contributed by atoms with Crippen molar-refractivity contribution in [3.05, 3.63) is 60.0 Å². The minimum atomic E-state index is 0.534. The summed E-state index contributed by atoms with van der Waals surface area (Å²) in [6, 6.07) is 15.0. The van der Waals surface area contributed by atoms with Crippen LogP contribution in [0.15, 0.2) is 53.2 Å². The number of hydrogen-bond donors (Lipinski definition) is 0. The Morgan fingerprint density at radius 3 is 2.68 bits per heavy atom. The minimum absolute atomic E-state index is 0.534. The normalized spacial score (nSPS) is 17.8. The predicted molar refractivity (Wildman–Crippen MR) is 110 cm³/mol. The smallest absolute Gasteiger partial charge is 0.259 e. The molecule has 1 saturated heterocycles. The number of piperazine rings is 1. The van der Waals surface area contributed by atoms with Crippen LogP contribution >= 0.6 is 0 Å². The van der Waals surface area contributed by atoms with Gasteiger partial charge >= 0.3 is 0 Å². The van der Waals surface area contributed by atoms with Crippen LogP contribution in [0.3, 0.4) is 0 Å². The Morgan fingerprint density at radius 2 is 1.93 bits per heavy atom. The third-order valence-corrected chi connectivity index (χ3v) is 5.52. The van der Waals surface area contributed by atoms with E-state index in [4.69, 9.17) is 4.52 Å². The Hall–Kier alpha value is -2.73. The molecule has 3 heterocycles. The number of anilines is 1. The highest BCUT2D eigenvalue weighted by Gasteiger charge is 2.23.